The maximum atomic E-state index is 14.1. The summed E-state index contributed by atoms with van der Waals surface area (Å²) in [6, 6.07) is 23.7. The Kier molecular flexibility index (Phi) is 6.89. The van der Waals surface area contributed by atoms with Gasteiger partial charge in [-0.05, 0) is 60.0 Å². The summed E-state index contributed by atoms with van der Waals surface area (Å²) < 4.78 is 17.0. The molecule has 3 aromatic carbocycles. The van der Waals surface area contributed by atoms with E-state index in [2.05, 4.69) is 0 Å². The van der Waals surface area contributed by atoms with Gasteiger partial charge in [-0.3, -0.25) is 9.59 Å². The van der Waals surface area contributed by atoms with Crippen molar-refractivity contribution in [1.29, 1.82) is 0 Å². The van der Waals surface area contributed by atoms with Gasteiger partial charge in [0, 0.05) is 11.4 Å². The molecular formula is C30H32N2O5. The minimum absolute atomic E-state index is 0.00510. The molecule has 0 aliphatic carbocycles. The SMILES string of the molecule is COc1ccc(N2C(=O)[C@@H](C(C)C)[C@@H]3[C@H]2[C@@H](OCc2ccccc2)C(=O)N3c2ccc(OC)cc2)cc1. The van der Waals surface area contributed by atoms with Crippen LogP contribution in [0, 0.1) is 11.8 Å². The van der Waals surface area contributed by atoms with Crippen LogP contribution in [0.5, 0.6) is 11.5 Å². The molecule has 2 heterocycles. The molecule has 0 N–H and O–H groups in total. The van der Waals surface area contributed by atoms with E-state index in [9.17, 15) is 9.59 Å². The molecule has 3 aromatic rings. The molecule has 2 aliphatic heterocycles. The fourth-order valence-corrected chi connectivity index (χ4v) is 5.57. The number of carbonyl (C=O) groups excluding carboxylic acids is 2. The second-order valence-electron chi connectivity index (χ2n) is 9.78. The van der Waals surface area contributed by atoms with E-state index in [0.717, 1.165) is 16.9 Å². The van der Waals surface area contributed by atoms with Crippen molar-refractivity contribution in [1.82, 2.24) is 0 Å². The van der Waals surface area contributed by atoms with Crippen LogP contribution in [0.15, 0.2) is 78.9 Å². The van der Waals surface area contributed by atoms with E-state index in [1.165, 1.54) is 0 Å². The van der Waals surface area contributed by atoms with E-state index < -0.39 is 12.1 Å². The number of hydrogen-bond donors (Lipinski definition) is 0. The third-order valence-electron chi connectivity index (χ3n) is 7.32. The Morgan fingerprint density at radius 3 is 1.70 bits per heavy atom. The van der Waals surface area contributed by atoms with Crippen molar-refractivity contribution in [2.75, 3.05) is 24.0 Å². The molecule has 0 spiro atoms. The predicted molar refractivity (Wildman–Crippen MR) is 142 cm³/mol. The Balaban J connectivity index is 1.59. The predicted octanol–water partition coefficient (Wildman–Crippen LogP) is 4.69. The van der Waals surface area contributed by atoms with Gasteiger partial charge in [-0.2, -0.15) is 0 Å². The van der Waals surface area contributed by atoms with Crippen LogP contribution in [0.25, 0.3) is 0 Å². The second kappa shape index (κ2) is 10.3. The lowest BCUT2D eigenvalue weighted by Gasteiger charge is -2.29. The Hall–Kier alpha value is -3.84. The summed E-state index contributed by atoms with van der Waals surface area (Å²) in [7, 11) is 3.22. The van der Waals surface area contributed by atoms with Gasteiger partial charge in [0.05, 0.1) is 38.8 Å². The van der Waals surface area contributed by atoms with E-state index in [-0.39, 0.29) is 36.3 Å². The summed E-state index contributed by atoms with van der Waals surface area (Å²) in [5.74, 6) is 0.883. The normalized spacial score (nSPS) is 23.1. The molecular weight excluding hydrogens is 468 g/mol. The van der Waals surface area contributed by atoms with Crippen molar-refractivity contribution in [2.45, 2.75) is 38.6 Å². The number of ether oxygens (including phenoxy) is 3. The molecule has 2 saturated heterocycles. The zero-order valence-corrected chi connectivity index (χ0v) is 21.5. The zero-order valence-electron chi connectivity index (χ0n) is 21.5. The number of carbonyl (C=O) groups is 2. The topological polar surface area (TPSA) is 68.3 Å². The molecule has 192 valence electrons. The van der Waals surface area contributed by atoms with Crippen molar-refractivity contribution in [2.24, 2.45) is 11.8 Å². The Bertz CT molecular complexity index is 1200. The van der Waals surface area contributed by atoms with Crippen molar-refractivity contribution in [3.63, 3.8) is 0 Å². The molecule has 0 radical (unpaired) electrons. The molecule has 2 fully saturated rings. The van der Waals surface area contributed by atoms with Gasteiger partial charge in [0.1, 0.15) is 11.5 Å². The second-order valence-corrected chi connectivity index (χ2v) is 9.78. The number of nitrogens with zero attached hydrogens (tertiary/aromatic N) is 2. The third-order valence-corrected chi connectivity index (χ3v) is 7.32. The molecule has 0 aromatic heterocycles. The molecule has 2 aliphatic rings. The lowest BCUT2D eigenvalue weighted by atomic mass is 9.88. The summed E-state index contributed by atoms with van der Waals surface area (Å²) >= 11 is 0. The summed E-state index contributed by atoms with van der Waals surface area (Å²) in [6.07, 6.45) is -0.817. The van der Waals surface area contributed by atoms with Gasteiger partial charge < -0.3 is 24.0 Å². The van der Waals surface area contributed by atoms with Gasteiger partial charge in [-0.25, -0.2) is 0 Å². The van der Waals surface area contributed by atoms with Crippen LogP contribution in [0.2, 0.25) is 0 Å². The molecule has 7 nitrogen and oxygen atoms in total. The van der Waals surface area contributed by atoms with Gasteiger partial charge in [-0.1, -0.05) is 44.2 Å². The van der Waals surface area contributed by atoms with Crippen molar-refractivity contribution in [3.8, 4) is 11.5 Å². The highest BCUT2D eigenvalue weighted by atomic mass is 16.5. The van der Waals surface area contributed by atoms with Crippen molar-refractivity contribution < 1.29 is 23.8 Å². The van der Waals surface area contributed by atoms with Gasteiger partial charge in [0.15, 0.2) is 6.10 Å². The number of fused-ring (bicyclic) bond motifs is 1. The highest BCUT2D eigenvalue weighted by Crippen LogP contribution is 2.46. The summed E-state index contributed by atoms with van der Waals surface area (Å²) in [6.45, 7) is 4.34. The minimum atomic E-state index is -0.817. The van der Waals surface area contributed by atoms with Crippen LogP contribution in [-0.4, -0.2) is 44.2 Å². The summed E-state index contributed by atoms with van der Waals surface area (Å²) in [5.41, 5.74) is 2.42. The zero-order chi connectivity index (χ0) is 26.1. The van der Waals surface area contributed by atoms with Gasteiger partial charge in [-0.15, -0.1) is 0 Å². The Morgan fingerprint density at radius 1 is 0.703 bits per heavy atom. The van der Waals surface area contributed by atoms with Crippen molar-refractivity contribution >= 4 is 23.2 Å². The average molecular weight is 501 g/mol. The fraction of sp³-hybridized carbons (Fsp3) is 0.333. The van der Waals surface area contributed by atoms with Crippen LogP contribution in [0.4, 0.5) is 11.4 Å². The largest absolute Gasteiger partial charge is 0.497 e. The number of anilines is 2. The lowest BCUT2D eigenvalue weighted by molar-refractivity contribution is -0.129. The van der Waals surface area contributed by atoms with E-state index in [4.69, 9.17) is 14.2 Å². The van der Waals surface area contributed by atoms with Crippen LogP contribution < -0.4 is 19.3 Å². The van der Waals surface area contributed by atoms with Gasteiger partial charge in [0.25, 0.3) is 5.91 Å². The van der Waals surface area contributed by atoms with E-state index in [0.29, 0.717) is 11.5 Å². The fourth-order valence-electron chi connectivity index (χ4n) is 5.57. The van der Waals surface area contributed by atoms with E-state index in [1.54, 1.807) is 24.0 Å². The van der Waals surface area contributed by atoms with Crippen molar-refractivity contribution in [3.05, 3.63) is 84.4 Å². The maximum absolute atomic E-state index is 14.1. The number of benzene rings is 3. The van der Waals surface area contributed by atoms with E-state index in [1.807, 2.05) is 92.7 Å². The molecule has 5 rings (SSSR count). The maximum Gasteiger partial charge on any atom is 0.258 e. The molecule has 7 heteroatoms. The Morgan fingerprint density at radius 2 is 1.22 bits per heavy atom. The first-order chi connectivity index (χ1) is 17.9. The number of amides is 2. The minimum Gasteiger partial charge on any atom is -0.497 e. The molecule has 0 saturated carbocycles. The van der Waals surface area contributed by atoms with Gasteiger partial charge in [0.2, 0.25) is 5.91 Å². The first kappa shape index (κ1) is 24.8. The third kappa shape index (κ3) is 4.44. The molecule has 0 unspecified atom stereocenters. The number of rotatable bonds is 8. The highest BCUT2D eigenvalue weighted by molar-refractivity contribution is 6.09. The Labute approximate surface area is 217 Å². The quantitative estimate of drug-likeness (QED) is 0.449. The number of methoxy groups -OCH3 is 2. The van der Waals surface area contributed by atoms with Crippen LogP contribution in [0.1, 0.15) is 19.4 Å². The van der Waals surface area contributed by atoms with Crippen LogP contribution in [-0.2, 0) is 20.9 Å². The van der Waals surface area contributed by atoms with Gasteiger partial charge >= 0.3 is 0 Å². The summed E-state index contributed by atoms with van der Waals surface area (Å²) in [4.78, 5) is 31.6. The monoisotopic (exact) mass is 500 g/mol. The highest BCUT2D eigenvalue weighted by Gasteiger charge is 2.63. The number of hydrogen-bond acceptors (Lipinski definition) is 5. The lowest BCUT2D eigenvalue weighted by Crippen LogP contribution is -2.44. The first-order valence-corrected chi connectivity index (χ1v) is 12.5. The van der Waals surface area contributed by atoms with Crippen LogP contribution in [0.3, 0.4) is 0 Å². The first-order valence-electron chi connectivity index (χ1n) is 12.5. The van der Waals surface area contributed by atoms with Crippen LogP contribution >= 0.6 is 0 Å². The smallest absolute Gasteiger partial charge is 0.258 e. The summed E-state index contributed by atoms with van der Waals surface area (Å²) in [5, 5.41) is 0. The van der Waals surface area contributed by atoms with E-state index >= 15 is 0 Å². The molecule has 0 bridgehead atoms. The standard InChI is InChI=1S/C30H32N2O5/c1-19(2)25-26-27(32(29(25)33)22-12-16-24(36-4)17-13-22)28(37-18-20-8-6-5-7-9-20)30(34)31(26)21-10-14-23(35-3)15-11-21/h5-17,19,25-28H,18H2,1-4H3/t25-,26+,27-,28+/m0/s1. The molecule has 37 heavy (non-hydrogen) atoms. The molecule has 4 atom stereocenters. The molecule has 2 amide bonds. The average Bonchev–Trinajstić information content (AvgIpc) is 3.36.